The third-order valence-electron chi connectivity index (χ3n) is 3.80. The average Bonchev–Trinajstić information content (AvgIpc) is 2.13. The fourth-order valence-electron chi connectivity index (χ4n) is 2.41. The Balaban J connectivity index is 2.00. The molecule has 2 unspecified atom stereocenters. The molecule has 0 heterocycles. The Labute approximate surface area is 111 Å². The molecule has 1 aliphatic rings. The van der Waals surface area contributed by atoms with Gasteiger partial charge in [-0.15, -0.1) is 0 Å². The van der Waals surface area contributed by atoms with E-state index in [1.807, 2.05) is 6.07 Å². The van der Waals surface area contributed by atoms with Gasteiger partial charge in [-0.05, 0) is 50.3 Å². The lowest BCUT2D eigenvalue weighted by Crippen LogP contribution is -2.38. The van der Waals surface area contributed by atoms with E-state index in [0.717, 1.165) is 16.0 Å². The van der Waals surface area contributed by atoms with Gasteiger partial charge in [0.15, 0.2) is 0 Å². The first kappa shape index (κ1) is 13.0. The number of rotatable bonds is 4. The molecule has 0 aromatic heterocycles. The van der Waals surface area contributed by atoms with Crippen molar-refractivity contribution in [3.63, 3.8) is 0 Å². The molecule has 0 saturated heterocycles. The van der Waals surface area contributed by atoms with Crippen LogP contribution in [-0.2, 0) is 0 Å². The fraction of sp³-hybridized carbons (Fsp3) is 0.571. The Kier molecular flexibility index (Phi) is 4.21. The van der Waals surface area contributed by atoms with Gasteiger partial charge in [-0.3, -0.25) is 0 Å². The minimum atomic E-state index is -0.195. The molecule has 0 amide bonds. The maximum absolute atomic E-state index is 13.0. The lowest BCUT2D eigenvalue weighted by molar-refractivity contribution is 0.229. The summed E-state index contributed by atoms with van der Waals surface area (Å²) < 4.78 is 13.9. The van der Waals surface area contributed by atoms with Crippen molar-refractivity contribution in [2.75, 3.05) is 0 Å². The SMILES string of the molecule is CC(NC(C)C1CCC1)c1ccc(F)cc1Br. The standard InChI is InChI=1S/C14H19BrFN/c1-9(11-4-3-5-11)17-10(2)13-7-6-12(16)8-14(13)15/h6-11,17H,3-5H2,1-2H3. The summed E-state index contributed by atoms with van der Waals surface area (Å²) in [5, 5.41) is 3.61. The highest BCUT2D eigenvalue weighted by atomic mass is 79.9. The summed E-state index contributed by atoms with van der Waals surface area (Å²) in [4.78, 5) is 0. The van der Waals surface area contributed by atoms with E-state index in [-0.39, 0.29) is 11.9 Å². The van der Waals surface area contributed by atoms with E-state index in [1.54, 1.807) is 0 Å². The molecular formula is C14H19BrFN. The normalized spacial score (nSPS) is 19.8. The number of hydrogen-bond acceptors (Lipinski definition) is 1. The molecule has 1 N–H and O–H groups in total. The summed E-state index contributed by atoms with van der Waals surface area (Å²) in [5.74, 6) is 0.622. The monoisotopic (exact) mass is 299 g/mol. The molecule has 3 heteroatoms. The van der Waals surface area contributed by atoms with Crippen LogP contribution < -0.4 is 5.32 Å². The molecular weight excluding hydrogens is 281 g/mol. The number of hydrogen-bond donors (Lipinski definition) is 1. The second-order valence-corrected chi connectivity index (χ2v) is 5.89. The topological polar surface area (TPSA) is 12.0 Å². The van der Waals surface area contributed by atoms with Crippen molar-refractivity contribution in [3.8, 4) is 0 Å². The van der Waals surface area contributed by atoms with E-state index in [9.17, 15) is 4.39 Å². The lowest BCUT2D eigenvalue weighted by Gasteiger charge is -2.34. The van der Waals surface area contributed by atoms with Crippen molar-refractivity contribution in [3.05, 3.63) is 34.1 Å². The Morgan fingerprint density at radius 1 is 1.35 bits per heavy atom. The van der Waals surface area contributed by atoms with E-state index in [4.69, 9.17) is 0 Å². The first-order valence-electron chi connectivity index (χ1n) is 6.29. The number of halogens is 2. The van der Waals surface area contributed by atoms with Gasteiger partial charge in [-0.1, -0.05) is 28.4 Å². The Morgan fingerprint density at radius 2 is 2.06 bits per heavy atom. The van der Waals surface area contributed by atoms with Gasteiger partial charge < -0.3 is 5.32 Å². The van der Waals surface area contributed by atoms with Crippen molar-refractivity contribution < 1.29 is 4.39 Å². The van der Waals surface area contributed by atoms with Gasteiger partial charge in [0.25, 0.3) is 0 Å². The van der Waals surface area contributed by atoms with Crippen molar-refractivity contribution in [1.29, 1.82) is 0 Å². The van der Waals surface area contributed by atoms with Crippen LogP contribution in [-0.4, -0.2) is 6.04 Å². The van der Waals surface area contributed by atoms with E-state index in [0.29, 0.717) is 6.04 Å². The van der Waals surface area contributed by atoms with Gasteiger partial charge in [-0.25, -0.2) is 4.39 Å². The summed E-state index contributed by atoms with van der Waals surface area (Å²) in [5.41, 5.74) is 1.12. The molecule has 1 aliphatic carbocycles. The molecule has 1 nitrogen and oxygen atoms in total. The molecule has 94 valence electrons. The molecule has 0 bridgehead atoms. The zero-order chi connectivity index (χ0) is 12.4. The fourth-order valence-corrected chi connectivity index (χ4v) is 3.11. The third kappa shape index (κ3) is 3.08. The minimum Gasteiger partial charge on any atom is -0.307 e. The van der Waals surface area contributed by atoms with Gasteiger partial charge in [0.05, 0.1) is 0 Å². The van der Waals surface area contributed by atoms with Crippen LogP contribution in [0.25, 0.3) is 0 Å². The minimum absolute atomic E-state index is 0.195. The molecule has 2 rings (SSSR count). The quantitative estimate of drug-likeness (QED) is 0.867. The Morgan fingerprint density at radius 3 is 2.59 bits per heavy atom. The maximum Gasteiger partial charge on any atom is 0.124 e. The van der Waals surface area contributed by atoms with Crippen molar-refractivity contribution >= 4 is 15.9 Å². The van der Waals surface area contributed by atoms with Gasteiger partial charge in [-0.2, -0.15) is 0 Å². The highest BCUT2D eigenvalue weighted by Crippen LogP contribution is 2.31. The Hall–Kier alpha value is -0.410. The largest absolute Gasteiger partial charge is 0.307 e. The summed E-state index contributed by atoms with van der Waals surface area (Å²) in [6.07, 6.45) is 4.04. The number of nitrogens with one attached hydrogen (secondary N) is 1. The second-order valence-electron chi connectivity index (χ2n) is 5.03. The predicted octanol–water partition coefficient (Wildman–Crippen LogP) is 4.43. The summed E-state index contributed by atoms with van der Waals surface area (Å²) in [7, 11) is 0. The average molecular weight is 300 g/mol. The molecule has 1 aromatic carbocycles. The van der Waals surface area contributed by atoms with Gasteiger partial charge in [0.1, 0.15) is 5.82 Å². The molecule has 1 saturated carbocycles. The van der Waals surface area contributed by atoms with Gasteiger partial charge in [0, 0.05) is 16.6 Å². The summed E-state index contributed by atoms with van der Waals surface area (Å²) >= 11 is 3.43. The van der Waals surface area contributed by atoms with Crippen LogP contribution in [0.3, 0.4) is 0 Å². The Bertz CT molecular complexity index is 390. The van der Waals surface area contributed by atoms with Crippen LogP contribution in [0.1, 0.15) is 44.7 Å². The predicted molar refractivity (Wildman–Crippen MR) is 72.5 cm³/mol. The third-order valence-corrected chi connectivity index (χ3v) is 4.49. The van der Waals surface area contributed by atoms with Crippen LogP contribution >= 0.6 is 15.9 Å². The zero-order valence-electron chi connectivity index (χ0n) is 10.3. The summed E-state index contributed by atoms with van der Waals surface area (Å²) in [6.45, 7) is 4.38. The van der Waals surface area contributed by atoms with Crippen molar-refractivity contribution in [2.24, 2.45) is 5.92 Å². The molecule has 0 spiro atoms. The molecule has 1 fully saturated rings. The van der Waals surface area contributed by atoms with Crippen LogP contribution in [0.15, 0.2) is 22.7 Å². The maximum atomic E-state index is 13.0. The molecule has 1 aromatic rings. The smallest absolute Gasteiger partial charge is 0.124 e. The highest BCUT2D eigenvalue weighted by Gasteiger charge is 2.25. The van der Waals surface area contributed by atoms with E-state index < -0.39 is 0 Å². The highest BCUT2D eigenvalue weighted by molar-refractivity contribution is 9.10. The number of benzene rings is 1. The van der Waals surface area contributed by atoms with Crippen LogP contribution in [0.4, 0.5) is 4.39 Å². The van der Waals surface area contributed by atoms with E-state index in [2.05, 4.69) is 35.1 Å². The van der Waals surface area contributed by atoms with Gasteiger partial charge >= 0.3 is 0 Å². The van der Waals surface area contributed by atoms with Crippen molar-refractivity contribution in [2.45, 2.75) is 45.2 Å². The molecule has 2 atom stereocenters. The lowest BCUT2D eigenvalue weighted by atomic mass is 9.80. The molecule has 17 heavy (non-hydrogen) atoms. The summed E-state index contributed by atoms with van der Waals surface area (Å²) in [6, 6.07) is 5.69. The van der Waals surface area contributed by atoms with Crippen LogP contribution in [0.5, 0.6) is 0 Å². The first-order valence-corrected chi connectivity index (χ1v) is 7.08. The molecule has 0 aliphatic heterocycles. The van der Waals surface area contributed by atoms with Crippen LogP contribution in [0.2, 0.25) is 0 Å². The van der Waals surface area contributed by atoms with E-state index >= 15 is 0 Å². The zero-order valence-corrected chi connectivity index (χ0v) is 11.9. The molecule has 0 radical (unpaired) electrons. The van der Waals surface area contributed by atoms with Crippen LogP contribution in [0, 0.1) is 11.7 Å². The second kappa shape index (κ2) is 5.49. The van der Waals surface area contributed by atoms with Gasteiger partial charge in [0.2, 0.25) is 0 Å². The first-order chi connectivity index (χ1) is 8.08. The van der Waals surface area contributed by atoms with Crippen molar-refractivity contribution in [1.82, 2.24) is 5.32 Å². The van der Waals surface area contributed by atoms with E-state index in [1.165, 1.54) is 31.4 Å².